The van der Waals surface area contributed by atoms with Gasteiger partial charge in [-0.25, -0.2) is 0 Å². The SMILES string of the molecule is Nc1ccc(C(=O)C2CCOC3(CCSC3)C2)cc1Br. The molecule has 108 valence electrons. The molecule has 2 heterocycles. The highest BCUT2D eigenvalue weighted by Gasteiger charge is 2.42. The summed E-state index contributed by atoms with van der Waals surface area (Å²) in [5.41, 5.74) is 7.15. The molecule has 0 saturated carbocycles. The van der Waals surface area contributed by atoms with Crippen molar-refractivity contribution in [3.05, 3.63) is 28.2 Å². The van der Waals surface area contributed by atoms with Crippen molar-refractivity contribution in [1.29, 1.82) is 0 Å². The molecule has 1 spiro atoms. The van der Waals surface area contributed by atoms with Crippen LogP contribution in [0.25, 0.3) is 0 Å². The first kappa shape index (κ1) is 14.4. The molecule has 3 rings (SSSR count). The molecule has 2 atom stereocenters. The van der Waals surface area contributed by atoms with Crippen molar-refractivity contribution in [3.63, 3.8) is 0 Å². The summed E-state index contributed by atoms with van der Waals surface area (Å²) in [5.74, 6) is 2.49. The van der Waals surface area contributed by atoms with E-state index < -0.39 is 0 Å². The fraction of sp³-hybridized carbons (Fsp3) is 0.533. The molecule has 2 saturated heterocycles. The first-order valence-corrected chi connectivity index (χ1v) is 8.85. The van der Waals surface area contributed by atoms with Crippen molar-refractivity contribution < 1.29 is 9.53 Å². The topological polar surface area (TPSA) is 52.3 Å². The van der Waals surface area contributed by atoms with Gasteiger partial charge < -0.3 is 10.5 Å². The maximum absolute atomic E-state index is 12.7. The van der Waals surface area contributed by atoms with Gasteiger partial charge in [0.05, 0.1) is 5.60 Å². The number of anilines is 1. The third-order valence-corrected chi connectivity index (χ3v) is 6.13. The Kier molecular flexibility index (Phi) is 4.11. The third-order valence-electron chi connectivity index (χ3n) is 4.22. The van der Waals surface area contributed by atoms with Crippen LogP contribution in [0.1, 0.15) is 29.6 Å². The summed E-state index contributed by atoms with van der Waals surface area (Å²) in [6.45, 7) is 0.701. The molecular formula is C15H18BrNO2S. The van der Waals surface area contributed by atoms with Crippen LogP contribution in [-0.2, 0) is 4.74 Å². The number of hydrogen-bond donors (Lipinski definition) is 1. The fourth-order valence-corrected chi connectivity index (χ4v) is 4.79. The van der Waals surface area contributed by atoms with Crippen LogP contribution < -0.4 is 5.73 Å². The molecule has 0 amide bonds. The number of Topliss-reactive ketones (excluding diaryl/α,β-unsaturated/α-hetero) is 1. The molecule has 2 unspecified atom stereocenters. The normalized spacial score (nSPS) is 29.8. The van der Waals surface area contributed by atoms with Gasteiger partial charge in [0.15, 0.2) is 5.78 Å². The van der Waals surface area contributed by atoms with E-state index in [2.05, 4.69) is 15.9 Å². The number of ether oxygens (including phenoxy) is 1. The van der Waals surface area contributed by atoms with Gasteiger partial charge in [-0.2, -0.15) is 11.8 Å². The lowest BCUT2D eigenvalue weighted by molar-refractivity contribution is -0.0734. The number of halogens is 1. The van der Waals surface area contributed by atoms with Crippen molar-refractivity contribution in [2.24, 2.45) is 5.92 Å². The van der Waals surface area contributed by atoms with Crippen LogP contribution in [0.3, 0.4) is 0 Å². The van der Waals surface area contributed by atoms with E-state index >= 15 is 0 Å². The summed E-state index contributed by atoms with van der Waals surface area (Å²) < 4.78 is 6.78. The van der Waals surface area contributed by atoms with E-state index in [1.54, 1.807) is 6.07 Å². The number of rotatable bonds is 2. The lowest BCUT2D eigenvalue weighted by atomic mass is 9.81. The first-order valence-electron chi connectivity index (χ1n) is 6.91. The van der Waals surface area contributed by atoms with Crippen molar-refractivity contribution >= 4 is 39.2 Å². The quantitative estimate of drug-likeness (QED) is 0.651. The summed E-state index contributed by atoms with van der Waals surface area (Å²) in [5, 5.41) is 0. The van der Waals surface area contributed by atoms with Gasteiger partial charge in [-0.1, -0.05) is 0 Å². The summed E-state index contributed by atoms with van der Waals surface area (Å²) in [6, 6.07) is 5.45. The summed E-state index contributed by atoms with van der Waals surface area (Å²) in [6.07, 6.45) is 2.76. The Hall–Kier alpha value is -0.520. The molecule has 0 radical (unpaired) electrons. The van der Waals surface area contributed by atoms with E-state index in [9.17, 15) is 4.79 Å². The Balaban J connectivity index is 1.77. The second-order valence-electron chi connectivity index (χ2n) is 5.62. The molecule has 0 bridgehead atoms. The van der Waals surface area contributed by atoms with Crippen molar-refractivity contribution in [3.8, 4) is 0 Å². The second kappa shape index (κ2) is 5.70. The first-order chi connectivity index (χ1) is 9.60. The van der Waals surface area contributed by atoms with E-state index in [1.165, 1.54) is 0 Å². The molecule has 1 aromatic rings. The summed E-state index contributed by atoms with van der Waals surface area (Å²) >= 11 is 5.33. The van der Waals surface area contributed by atoms with Gasteiger partial charge in [0.25, 0.3) is 0 Å². The van der Waals surface area contributed by atoms with E-state index in [0.29, 0.717) is 12.3 Å². The molecule has 1 aromatic carbocycles. The van der Waals surface area contributed by atoms with E-state index in [4.69, 9.17) is 10.5 Å². The van der Waals surface area contributed by atoms with Crippen molar-refractivity contribution in [1.82, 2.24) is 0 Å². The minimum atomic E-state index is -0.0473. The monoisotopic (exact) mass is 355 g/mol. The number of nitrogen functional groups attached to an aromatic ring is 1. The minimum Gasteiger partial charge on any atom is -0.398 e. The maximum Gasteiger partial charge on any atom is 0.166 e. The zero-order chi connectivity index (χ0) is 14.2. The van der Waals surface area contributed by atoms with Gasteiger partial charge in [-0.15, -0.1) is 0 Å². The van der Waals surface area contributed by atoms with E-state index in [0.717, 1.165) is 40.8 Å². The Morgan fingerprint density at radius 3 is 3.05 bits per heavy atom. The van der Waals surface area contributed by atoms with Gasteiger partial charge in [0, 0.05) is 34.0 Å². The molecule has 20 heavy (non-hydrogen) atoms. The highest BCUT2D eigenvalue weighted by molar-refractivity contribution is 9.10. The van der Waals surface area contributed by atoms with Crippen LogP contribution in [0.4, 0.5) is 5.69 Å². The number of benzene rings is 1. The smallest absolute Gasteiger partial charge is 0.166 e. The fourth-order valence-electron chi connectivity index (χ4n) is 3.03. The number of ketones is 1. The zero-order valence-corrected chi connectivity index (χ0v) is 13.6. The molecule has 2 aliphatic heterocycles. The molecular weight excluding hydrogens is 338 g/mol. The second-order valence-corrected chi connectivity index (χ2v) is 7.58. The van der Waals surface area contributed by atoms with Gasteiger partial charge in [0.2, 0.25) is 0 Å². The number of nitrogens with two attached hydrogens (primary N) is 1. The Morgan fingerprint density at radius 1 is 1.50 bits per heavy atom. The van der Waals surface area contributed by atoms with Crippen LogP contribution in [0, 0.1) is 5.92 Å². The van der Waals surface area contributed by atoms with Crippen LogP contribution >= 0.6 is 27.7 Å². The Labute approximate surface area is 131 Å². The lowest BCUT2D eigenvalue weighted by Gasteiger charge is -2.37. The average Bonchev–Trinajstić information content (AvgIpc) is 2.89. The summed E-state index contributed by atoms with van der Waals surface area (Å²) in [4.78, 5) is 12.7. The maximum atomic E-state index is 12.7. The molecule has 0 aliphatic carbocycles. The number of carbonyl (C=O) groups is 1. The number of hydrogen-bond acceptors (Lipinski definition) is 4. The van der Waals surface area contributed by atoms with Gasteiger partial charge in [-0.3, -0.25) is 4.79 Å². The zero-order valence-electron chi connectivity index (χ0n) is 11.2. The van der Waals surface area contributed by atoms with Crippen molar-refractivity contribution in [2.75, 3.05) is 23.8 Å². The van der Waals surface area contributed by atoms with Gasteiger partial charge in [0.1, 0.15) is 0 Å². The lowest BCUT2D eigenvalue weighted by Crippen LogP contribution is -2.42. The minimum absolute atomic E-state index is 0.0473. The van der Waals surface area contributed by atoms with Crippen LogP contribution in [0.15, 0.2) is 22.7 Å². The highest BCUT2D eigenvalue weighted by Crippen LogP contribution is 2.41. The average molecular weight is 356 g/mol. The third kappa shape index (κ3) is 2.76. The molecule has 2 fully saturated rings. The van der Waals surface area contributed by atoms with Gasteiger partial charge in [-0.05, 0) is 59.1 Å². The molecule has 2 N–H and O–H groups in total. The van der Waals surface area contributed by atoms with Gasteiger partial charge >= 0.3 is 0 Å². The largest absolute Gasteiger partial charge is 0.398 e. The number of carbonyl (C=O) groups excluding carboxylic acids is 1. The Bertz CT molecular complexity index is 529. The summed E-state index contributed by atoms with van der Waals surface area (Å²) in [7, 11) is 0. The Morgan fingerprint density at radius 2 is 2.35 bits per heavy atom. The molecule has 2 aliphatic rings. The van der Waals surface area contributed by atoms with Crippen molar-refractivity contribution in [2.45, 2.75) is 24.9 Å². The molecule has 3 nitrogen and oxygen atoms in total. The predicted molar refractivity (Wildman–Crippen MR) is 86.2 cm³/mol. The van der Waals surface area contributed by atoms with Crippen LogP contribution in [0.5, 0.6) is 0 Å². The standard InChI is InChI=1S/C15H18BrNO2S/c16-12-7-10(1-2-13(12)17)14(18)11-3-5-19-15(8-11)4-6-20-9-15/h1-2,7,11H,3-6,8-9,17H2. The molecule has 0 aromatic heterocycles. The molecule has 5 heteroatoms. The van der Waals surface area contributed by atoms with E-state index in [1.807, 2.05) is 23.9 Å². The van der Waals surface area contributed by atoms with Crippen LogP contribution in [-0.4, -0.2) is 29.5 Å². The number of thioether (sulfide) groups is 1. The highest BCUT2D eigenvalue weighted by atomic mass is 79.9. The van der Waals surface area contributed by atoms with Crippen LogP contribution in [0.2, 0.25) is 0 Å². The predicted octanol–water partition coefficient (Wildman–Crippen LogP) is 3.52. The van der Waals surface area contributed by atoms with E-state index in [-0.39, 0.29) is 17.3 Å².